The van der Waals surface area contributed by atoms with Gasteiger partial charge >= 0.3 is 0 Å². The SMILES string of the molecule is CC1(C)c2ccc3ccccc3c2-c2c1c1cc(-c3cccc4ccccc34)ccc1c1ccc(-c3cccc4ccccc34)cc21. The molecule has 0 bridgehead atoms. The van der Waals surface area contributed by atoms with Crippen molar-refractivity contribution in [3.05, 3.63) is 169 Å². The Labute approximate surface area is 274 Å². The molecule has 0 aliphatic heterocycles. The highest BCUT2D eigenvalue weighted by molar-refractivity contribution is 6.22. The molecule has 10 rings (SSSR count). The van der Waals surface area contributed by atoms with E-state index < -0.39 is 0 Å². The van der Waals surface area contributed by atoms with Gasteiger partial charge in [-0.1, -0.05) is 159 Å². The summed E-state index contributed by atoms with van der Waals surface area (Å²) in [6.07, 6.45) is 0. The van der Waals surface area contributed by atoms with E-state index in [1.165, 1.54) is 98.4 Å². The number of benzene rings is 9. The molecule has 0 unspecified atom stereocenters. The molecule has 9 aromatic carbocycles. The summed E-state index contributed by atoms with van der Waals surface area (Å²) < 4.78 is 0. The maximum absolute atomic E-state index is 2.48. The van der Waals surface area contributed by atoms with Crippen molar-refractivity contribution in [2.45, 2.75) is 19.3 Å². The molecule has 0 fully saturated rings. The van der Waals surface area contributed by atoms with Crippen LogP contribution in [-0.2, 0) is 5.41 Å². The molecule has 47 heavy (non-hydrogen) atoms. The number of hydrogen-bond donors (Lipinski definition) is 0. The van der Waals surface area contributed by atoms with E-state index in [-0.39, 0.29) is 5.41 Å². The predicted octanol–water partition coefficient (Wildman–Crippen LogP) is 13.1. The first-order chi connectivity index (χ1) is 23.1. The molecule has 0 aromatic heterocycles. The van der Waals surface area contributed by atoms with Crippen LogP contribution >= 0.6 is 0 Å². The van der Waals surface area contributed by atoms with Gasteiger partial charge in [-0.15, -0.1) is 0 Å². The zero-order chi connectivity index (χ0) is 31.3. The number of fused-ring (bicyclic) bond motifs is 12. The van der Waals surface area contributed by atoms with Crippen molar-refractivity contribution in [2.75, 3.05) is 0 Å². The van der Waals surface area contributed by atoms with Crippen molar-refractivity contribution < 1.29 is 0 Å². The van der Waals surface area contributed by atoms with Crippen molar-refractivity contribution in [3.63, 3.8) is 0 Å². The summed E-state index contributed by atoms with van der Waals surface area (Å²) >= 11 is 0. The average Bonchev–Trinajstić information content (AvgIpc) is 3.38. The van der Waals surface area contributed by atoms with E-state index in [1.807, 2.05) is 0 Å². The minimum absolute atomic E-state index is 0.173. The molecule has 0 heteroatoms. The third-order valence-corrected chi connectivity index (χ3v) is 10.8. The van der Waals surface area contributed by atoms with Gasteiger partial charge < -0.3 is 0 Å². The largest absolute Gasteiger partial charge is 0.0616 e. The van der Waals surface area contributed by atoms with Crippen molar-refractivity contribution in [1.82, 2.24) is 0 Å². The van der Waals surface area contributed by atoms with E-state index in [2.05, 4.69) is 172 Å². The second kappa shape index (κ2) is 9.64. The van der Waals surface area contributed by atoms with Gasteiger partial charge in [0.15, 0.2) is 0 Å². The molecule has 0 saturated heterocycles. The lowest BCUT2D eigenvalue weighted by molar-refractivity contribution is 0.667. The Balaban J connectivity index is 1.36. The van der Waals surface area contributed by atoms with Crippen LogP contribution in [0, 0.1) is 0 Å². The molecule has 0 spiro atoms. The third-order valence-electron chi connectivity index (χ3n) is 10.8. The zero-order valence-electron chi connectivity index (χ0n) is 26.5. The molecule has 220 valence electrons. The van der Waals surface area contributed by atoms with Crippen molar-refractivity contribution in [3.8, 4) is 33.4 Å². The maximum atomic E-state index is 2.48. The molecule has 0 nitrogen and oxygen atoms in total. The van der Waals surface area contributed by atoms with Gasteiger partial charge in [-0.25, -0.2) is 0 Å². The molecule has 0 amide bonds. The molecule has 1 aliphatic rings. The molecule has 0 saturated carbocycles. The molecular formula is C47H32. The number of rotatable bonds is 2. The maximum Gasteiger partial charge on any atom is 0.0165 e. The first kappa shape index (κ1) is 26.5. The van der Waals surface area contributed by atoms with Gasteiger partial charge in [0.2, 0.25) is 0 Å². The molecule has 0 radical (unpaired) electrons. The summed E-state index contributed by atoms with van der Waals surface area (Å²) in [5, 5.41) is 13.1. The highest BCUT2D eigenvalue weighted by Gasteiger charge is 2.39. The average molecular weight is 597 g/mol. The van der Waals surface area contributed by atoms with Gasteiger partial charge in [0.25, 0.3) is 0 Å². The zero-order valence-corrected chi connectivity index (χ0v) is 26.5. The first-order valence-corrected chi connectivity index (χ1v) is 16.6. The summed E-state index contributed by atoms with van der Waals surface area (Å²) in [7, 11) is 0. The van der Waals surface area contributed by atoms with Crippen molar-refractivity contribution in [1.29, 1.82) is 0 Å². The normalized spacial score (nSPS) is 13.5. The van der Waals surface area contributed by atoms with Crippen LogP contribution < -0.4 is 0 Å². The Kier molecular flexibility index (Phi) is 5.44. The van der Waals surface area contributed by atoms with Gasteiger partial charge in [-0.05, 0) is 111 Å². The van der Waals surface area contributed by atoms with E-state index in [4.69, 9.17) is 0 Å². The molecule has 9 aromatic rings. The van der Waals surface area contributed by atoms with Crippen LogP contribution in [0.15, 0.2) is 158 Å². The molecule has 0 atom stereocenters. The van der Waals surface area contributed by atoms with E-state index >= 15 is 0 Å². The topological polar surface area (TPSA) is 0 Å². The second-order valence-electron chi connectivity index (χ2n) is 13.7. The lowest BCUT2D eigenvalue weighted by Gasteiger charge is -2.25. The van der Waals surface area contributed by atoms with Crippen LogP contribution in [0.5, 0.6) is 0 Å². The van der Waals surface area contributed by atoms with Gasteiger partial charge in [0.05, 0.1) is 0 Å². The van der Waals surface area contributed by atoms with Crippen LogP contribution in [0.1, 0.15) is 25.0 Å². The van der Waals surface area contributed by atoms with E-state index in [0.717, 1.165) is 0 Å². The fourth-order valence-corrected chi connectivity index (χ4v) is 8.64. The summed E-state index contributed by atoms with van der Waals surface area (Å²) in [6, 6.07) is 58.8. The van der Waals surface area contributed by atoms with Gasteiger partial charge in [0.1, 0.15) is 0 Å². The first-order valence-electron chi connectivity index (χ1n) is 16.6. The minimum Gasteiger partial charge on any atom is -0.0616 e. The van der Waals surface area contributed by atoms with Gasteiger partial charge in [0, 0.05) is 5.41 Å². The summed E-state index contributed by atoms with van der Waals surface area (Å²) in [6.45, 7) is 4.85. The van der Waals surface area contributed by atoms with Crippen molar-refractivity contribution in [2.24, 2.45) is 0 Å². The Morgan fingerprint density at radius 2 is 0.830 bits per heavy atom. The van der Waals surface area contributed by atoms with Gasteiger partial charge in [-0.3, -0.25) is 0 Å². The van der Waals surface area contributed by atoms with Crippen LogP contribution in [0.2, 0.25) is 0 Å². The Bertz CT molecular complexity index is 2750. The summed E-state index contributed by atoms with van der Waals surface area (Å²) in [4.78, 5) is 0. The van der Waals surface area contributed by atoms with E-state index in [9.17, 15) is 0 Å². The highest BCUT2D eigenvalue weighted by Crippen LogP contribution is 2.57. The molecular weight excluding hydrogens is 565 g/mol. The fourth-order valence-electron chi connectivity index (χ4n) is 8.64. The Morgan fingerprint density at radius 1 is 0.340 bits per heavy atom. The molecule has 0 heterocycles. The lowest BCUT2D eigenvalue weighted by atomic mass is 9.78. The minimum atomic E-state index is -0.173. The Morgan fingerprint density at radius 3 is 1.45 bits per heavy atom. The van der Waals surface area contributed by atoms with Crippen LogP contribution in [0.25, 0.3) is 87.2 Å². The van der Waals surface area contributed by atoms with Crippen molar-refractivity contribution >= 4 is 53.9 Å². The highest BCUT2D eigenvalue weighted by atomic mass is 14.4. The third kappa shape index (κ3) is 3.70. The van der Waals surface area contributed by atoms with Crippen LogP contribution in [0.3, 0.4) is 0 Å². The Hall–Kier alpha value is -5.72. The van der Waals surface area contributed by atoms with E-state index in [0.29, 0.717) is 0 Å². The van der Waals surface area contributed by atoms with E-state index in [1.54, 1.807) is 0 Å². The van der Waals surface area contributed by atoms with Gasteiger partial charge in [-0.2, -0.15) is 0 Å². The predicted molar refractivity (Wildman–Crippen MR) is 202 cm³/mol. The quantitative estimate of drug-likeness (QED) is 0.174. The lowest BCUT2D eigenvalue weighted by Crippen LogP contribution is -2.15. The smallest absolute Gasteiger partial charge is 0.0165 e. The summed E-state index contributed by atoms with van der Waals surface area (Å²) in [5.74, 6) is 0. The van der Waals surface area contributed by atoms with Crippen LogP contribution in [0.4, 0.5) is 0 Å². The number of hydrogen-bond acceptors (Lipinski definition) is 0. The summed E-state index contributed by atoms with van der Waals surface area (Å²) in [5.41, 5.74) is 10.5. The second-order valence-corrected chi connectivity index (χ2v) is 13.7. The molecule has 1 aliphatic carbocycles. The molecule has 0 N–H and O–H groups in total. The monoisotopic (exact) mass is 596 g/mol. The van der Waals surface area contributed by atoms with Crippen LogP contribution in [-0.4, -0.2) is 0 Å². The fraction of sp³-hybridized carbons (Fsp3) is 0.0638. The standard InChI is InChI=1S/C47H32/c1-47(2)43-26-23-31-13-5-8-18-38(31)44(43)45-41-27-32(36-19-9-14-29-11-3-6-16-34(29)36)21-24-39(41)40-25-22-33(28-42(40)46(45)47)37-20-10-15-30-12-4-7-17-35(30)37/h3-28H,1-2H3.